The summed E-state index contributed by atoms with van der Waals surface area (Å²) in [4.78, 5) is 14.8. The zero-order valence-electron chi connectivity index (χ0n) is 14.2. The third-order valence-corrected chi connectivity index (χ3v) is 5.10. The molecule has 4 heteroatoms. The summed E-state index contributed by atoms with van der Waals surface area (Å²) in [6, 6.07) is 6.31. The van der Waals surface area contributed by atoms with E-state index in [4.69, 9.17) is 0 Å². The van der Waals surface area contributed by atoms with Gasteiger partial charge in [0.05, 0.1) is 0 Å². The number of nitrogens with one attached hydrogen (secondary N) is 2. The predicted octanol–water partition coefficient (Wildman–Crippen LogP) is 3.13. The Labute approximate surface area is 139 Å². The lowest BCUT2D eigenvalue weighted by Crippen LogP contribution is -2.28. The van der Waals surface area contributed by atoms with Crippen LogP contribution in [0.15, 0.2) is 18.2 Å². The molecule has 3 rings (SSSR count). The van der Waals surface area contributed by atoms with Gasteiger partial charge >= 0.3 is 0 Å². The maximum Gasteiger partial charge on any atom is 0.224 e. The van der Waals surface area contributed by atoms with E-state index in [2.05, 4.69) is 40.7 Å². The molecule has 0 bridgehead atoms. The summed E-state index contributed by atoms with van der Waals surface area (Å²) in [7, 11) is 0. The fraction of sp³-hybridized carbons (Fsp3) is 0.632. The number of carbonyl (C=O) groups is 1. The van der Waals surface area contributed by atoms with Crippen LogP contribution in [0.4, 0.5) is 5.69 Å². The number of piperidine rings is 1. The number of nitrogens with zero attached hydrogens (tertiary/aromatic N) is 1. The molecular weight excluding hydrogens is 286 g/mol. The summed E-state index contributed by atoms with van der Waals surface area (Å²) < 4.78 is 0. The summed E-state index contributed by atoms with van der Waals surface area (Å²) in [5, 5.41) is 6.54. The Balaban J connectivity index is 1.54. The zero-order chi connectivity index (χ0) is 16.1. The molecule has 1 fully saturated rings. The minimum absolute atomic E-state index is 0.172. The molecule has 0 radical (unpaired) electrons. The van der Waals surface area contributed by atoms with E-state index in [1.807, 2.05) is 0 Å². The minimum atomic E-state index is 0.172. The molecule has 2 heterocycles. The number of carbonyl (C=O) groups excluding carboxylic acids is 1. The Hall–Kier alpha value is -1.39. The lowest BCUT2D eigenvalue weighted by atomic mass is 9.93. The number of benzene rings is 1. The van der Waals surface area contributed by atoms with Crippen LogP contribution in [-0.4, -0.2) is 30.4 Å². The van der Waals surface area contributed by atoms with Crippen LogP contribution < -0.4 is 10.6 Å². The van der Waals surface area contributed by atoms with E-state index >= 15 is 0 Å². The molecule has 23 heavy (non-hydrogen) atoms. The van der Waals surface area contributed by atoms with Crippen LogP contribution in [0, 0.1) is 5.92 Å². The van der Waals surface area contributed by atoms with E-state index in [1.165, 1.54) is 30.4 Å². The Bertz CT molecular complexity index is 537. The van der Waals surface area contributed by atoms with Gasteiger partial charge in [0.1, 0.15) is 0 Å². The zero-order valence-corrected chi connectivity index (χ0v) is 14.2. The van der Waals surface area contributed by atoms with Gasteiger partial charge in [0.15, 0.2) is 0 Å². The molecule has 0 saturated carbocycles. The smallest absolute Gasteiger partial charge is 0.224 e. The first-order valence-electron chi connectivity index (χ1n) is 9.10. The Morgan fingerprint density at radius 1 is 1.30 bits per heavy atom. The maximum atomic E-state index is 12.3. The number of anilines is 1. The molecule has 2 N–H and O–H groups in total. The fourth-order valence-electron chi connectivity index (χ4n) is 3.80. The van der Waals surface area contributed by atoms with E-state index < -0.39 is 0 Å². The molecule has 0 aliphatic carbocycles. The molecule has 0 aromatic heterocycles. The van der Waals surface area contributed by atoms with Crippen molar-refractivity contribution in [2.45, 2.75) is 52.1 Å². The number of hydrogen-bond donors (Lipinski definition) is 2. The summed E-state index contributed by atoms with van der Waals surface area (Å²) in [5.74, 6) is 0.884. The van der Waals surface area contributed by atoms with Crippen molar-refractivity contribution in [2.75, 3.05) is 25.0 Å². The average Bonchev–Trinajstić information content (AvgIpc) is 2.98. The van der Waals surface area contributed by atoms with E-state index in [1.54, 1.807) is 0 Å². The largest absolute Gasteiger partial charge is 0.326 e. The molecule has 2 aliphatic rings. The van der Waals surface area contributed by atoms with Gasteiger partial charge in [-0.15, -0.1) is 0 Å². The van der Waals surface area contributed by atoms with Gasteiger partial charge in [-0.1, -0.05) is 19.1 Å². The van der Waals surface area contributed by atoms with Gasteiger partial charge in [0.25, 0.3) is 0 Å². The Morgan fingerprint density at radius 3 is 2.91 bits per heavy atom. The quantitative estimate of drug-likeness (QED) is 0.848. The molecule has 0 spiro atoms. The third-order valence-electron chi connectivity index (χ3n) is 5.10. The molecule has 1 saturated heterocycles. The van der Waals surface area contributed by atoms with E-state index in [0.717, 1.165) is 44.8 Å². The van der Waals surface area contributed by atoms with Gasteiger partial charge in [-0.25, -0.2) is 0 Å². The second-order valence-electron chi connectivity index (χ2n) is 6.93. The van der Waals surface area contributed by atoms with Crippen LogP contribution in [-0.2, 0) is 17.9 Å². The molecule has 1 aromatic rings. The fourth-order valence-corrected chi connectivity index (χ4v) is 3.80. The van der Waals surface area contributed by atoms with Crippen molar-refractivity contribution in [3.63, 3.8) is 0 Å². The second-order valence-corrected chi connectivity index (χ2v) is 6.93. The highest BCUT2D eigenvalue weighted by atomic mass is 16.1. The van der Waals surface area contributed by atoms with E-state index in [0.29, 0.717) is 12.3 Å². The van der Waals surface area contributed by atoms with Crippen LogP contribution in [0.3, 0.4) is 0 Å². The average molecular weight is 315 g/mol. The molecule has 0 atom stereocenters. The van der Waals surface area contributed by atoms with E-state index in [-0.39, 0.29) is 5.91 Å². The monoisotopic (exact) mass is 315 g/mol. The number of rotatable bonds is 6. The van der Waals surface area contributed by atoms with Crippen molar-refractivity contribution in [1.29, 1.82) is 0 Å². The highest BCUT2D eigenvalue weighted by Crippen LogP contribution is 2.29. The molecular formula is C19H29N3O. The number of fused-ring (bicyclic) bond motifs is 1. The summed E-state index contributed by atoms with van der Waals surface area (Å²) in [6.45, 7) is 7.53. The molecule has 126 valence electrons. The van der Waals surface area contributed by atoms with Crippen LogP contribution in [0.2, 0.25) is 0 Å². The molecule has 4 nitrogen and oxygen atoms in total. The lowest BCUT2D eigenvalue weighted by Gasteiger charge is -2.22. The molecule has 2 aliphatic heterocycles. The van der Waals surface area contributed by atoms with Crippen molar-refractivity contribution >= 4 is 11.6 Å². The maximum absolute atomic E-state index is 12.3. The molecule has 1 amide bonds. The van der Waals surface area contributed by atoms with Crippen LogP contribution in [0.5, 0.6) is 0 Å². The summed E-state index contributed by atoms with van der Waals surface area (Å²) in [6.07, 6.45) is 5.25. The van der Waals surface area contributed by atoms with E-state index in [9.17, 15) is 4.79 Å². The molecule has 1 aromatic carbocycles. The van der Waals surface area contributed by atoms with Crippen molar-refractivity contribution in [3.8, 4) is 0 Å². The van der Waals surface area contributed by atoms with Crippen molar-refractivity contribution < 1.29 is 4.79 Å². The van der Waals surface area contributed by atoms with Gasteiger partial charge in [-0.2, -0.15) is 0 Å². The third kappa shape index (κ3) is 4.33. The van der Waals surface area contributed by atoms with Crippen LogP contribution in [0.25, 0.3) is 0 Å². The standard InChI is InChI=1S/C19H29N3O/c1-2-12-22-13-16-4-3-5-18(17(16)14-22)21-19(23)7-6-15-8-10-20-11-9-15/h3-5,15,20H,2,6-14H2,1H3,(H,21,23). The normalized spacial score (nSPS) is 18.8. The minimum Gasteiger partial charge on any atom is -0.326 e. The van der Waals surface area contributed by atoms with Gasteiger partial charge < -0.3 is 10.6 Å². The SMILES string of the molecule is CCCN1Cc2cccc(NC(=O)CCC3CCNCC3)c2C1. The Kier molecular flexibility index (Phi) is 5.68. The topological polar surface area (TPSA) is 44.4 Å². The predicted molar refractivity (Wildman–Crippen MR) is 94.3 cm³/mol. The molecule has 0 unspecified atom stereocenters. The summed E-state index contributed by atoms with van der Waals surface area (Å²) in [5.41, 5.74) is 3.71. The second kappa shape index (κ2) is 7.93. The van der Waals surface area contributed by atoms with Gasteiger partial charge in [0, 0.05) is 25.2 Å². The van der Waals surface area contributed by atoms with Gasteiger partial charge in [-0.05, 0) is 68.4 Å². The number of hydrogen-bond acceptors (Lipinski definition) is 3. The first-order valence-corrected chi connectivity index (χ1v) is 9.10. The Morgan fingerprint density at radius 2 is 2.13 bits per heavy atom. The van der Waals surface area contributed by atoms with Gasteiger partial charge in [-0.3, -0.25) is 9.69 Å². The number of amides is 1. The first-order chi connectivity index (χ1) is 11.3. The van der Waals surface area contributed by atoms with Crippen LogP contribution >= 0.6 is 0 Å². The highest BCUT2D eigenvalue weighted by Gasteiger charge is 2.22. The lowest BCUT2D eigenvalue weighted by molar-refractivity contribution is -0.116. The van der Waals surface area contributed by atoms with Crippen molar-refractivity contribution in [2.24, 2.45) is 5.92 Å². The van der Waals surface area contributed by atoms with Crippen molar-refractivity contribution in [1.82, 2.24) is 10.2 Å². The van der Waals surface area contributed by atoms with Crippen LogP contribution in [0.1, 0.15) is 50.2 Å². The summed E-state index contributed by atoms with van der Waals surface area (Å²) >= 11 is 0. The first kappa shape index (κ1) is 16.5. The van der Waals surface area contributed by atoms with Gasteiger partial charge in [0.2, 0.25) is 5.91 Å². The highest BCUT2D eigenvalue weighted by molar-refractivity contribution is 5.91. The van der Waals surface area contributed by atoms with Crippen molar-refractivity contribution in [3.05, 3.63) is 29.3 Å².